The number of ether oxygens (including phenoxy) is 2. The molecule has 0 radical (unpaired) electrons. The molecule has 34 heavy (non-hydrogen) atoms. The predicted molar refractivity (Wildman–Crippen MR) is 131 cm³/mol. The topological polar surface area (TPSA) is 51.1 Å². The molecule has 176 valence electrons. The van der Waals surface area contributed by atoms with E-state index in [9.17, 15) is 4.79 Å². The van der Waals surface area contributed by atoms with E-state index in [1.165, 1.54) is 6.07 Å². The van der Waals surface area contributed by atoms with Gasteiger partial charge in [0.05, 0.1) is 24.6 Å². The summed E-state index contributed by atoms with van der Waals surface area (Å²) in [6.45, 7) is 6.42. The maximum absolute atomic E-state index is 15.2. The van der Waals surface area contributed by atoms with Gasteiger partial charge in [0.25, 0.3) is 0 Å². The number of rotatable bonds is 4. The Bertz CT molecular complexity index is 1120. The van der Waals surface area contributed by atoms with Crippen LogP contribution in [0.3, 0.4) is 0 Å². The normalized spacial score (nSPS) is 16.1. The van der Waals surface area contributed by atoms with Crippen molar-refractivity contribution in [3.63, 3.8) is 0 Å². The first kappa shape index (κ1) is 23.6. The zero-order valence-electron chi connectivity index (χ0n) is 19.7. The van der Waals surface area contributed by atoms with Gasteiger partial charge in [0, 0.05) is 23.2 Å². The van der Waals surface area contributed by atoms with Crippen LogP contribution in [0.5, 0.6) is 0 Å². The van der Waals surface area contributed by atoms with Crippen LogP contribution in [0.15, 0.2) is 83.9 Å². The van der Waals surface area contributed by atoms with Gasteiger partial charge >= 0.3 is 6.09 Å². The summed E-state index contributed by atoms with van der Waals surface area (Å²) in [5.41, 5.74) is 2.96. The molecule has 0 aliphatic carbocycles. The Morgan fingerprint density at radius 3 is 2.18 bits per heavy atom. The Morgan fingerprint density at radius 1 is 1.00 bits per heavy atom. The Labute approximate surface area is 199 Å². The number of halogens is 1. The second-order valence-electron chi connectivity index (χ2n) is 9.18. The fraction of sp³-hybridized carbons (Fsp3) is 0.286. The van der Waals surface area contributed by atoms with E-state index in [4.69, 9.17) is 14.5 Å². The molecule has 1 fully saturated rings. The molecule has 0 saturated carbocycles. The Kier molecular flexibility index (Phi) is 7.08. The van der Waals surface area contributed by atoms with Gasteiger partial charge in [-0.05, 0) is 32.9 Å². The van der Waals surface area contributed by atoms with E-state index in [0.717, 1.165) is 16.8 Å². The van der Waals surface area contributed by atoms with E-state index >= 15 is 4.39 Å². The second kappa shape index (κ2) is 10.2. The Morgan fingerprint density at radius 2 is 1.62 bits per heavy atom. The lowest BCUT2D eigenvalue weighted by Crippen LogP contribution is -2.44. The molecule has 1 atom stereocenters. The lowest BCUT2D eigenvalue weighted by molar-refractivity contribution is -0.0443. The molecule has 1 aliphatic heterocycles. The summed E-state index contributed by atoms with van der Waals surface area (Å²) in [7, 11) is 0. The van der Waals surface area contributed by atoms with Crippen LogP contribution >= 0.6 is 0 Å². The molecule has 4 rings (SSSR count). The van der Waals surface area contributed by atoms with Crippen molar-refractivity contribution >= 4 is 17.5 Å². The summed E-state index contributed by atoms with van der Waals surface area (Å²) in [5.74, 6) is -0.419. The Hall–Kier alpha value is -3.51. The number of hydrogen-bond acceptors (Lipinski definition) is 4. The molecular formula is C28H29FN2O3. The second-order valence-corrected chi connectivity index (χ2v) is 9.18. The van der Waals surface area contributed by atoms with Gasteiger partial charge in [-0.1, -0.05) is 66.7 Å². The minimum atomic E-state index is -0.592. The molecule has 1 heterocycles. The maximum atomic E-state index is 15.2. The van der Waals surface area contributed by atoms with E-state index in [0.29, 0.717) is 24.4 Å². The zero-order valence-corrected chi connectivity index (χ0v) is 19.7. The van der Waals surface area contributed by atoms with Crippen molar-refractivity contribution in [1.29, 1.82) is 0 Å². The number of amides is 1. The van der Waals surface area contributed by atoms with Crippen molar-refractivity contribution in [1.82, 2.24) is 4.90 Å². The van der Waals surface area contributed by atoms with Crippen LogP contribution in [0.1, 0.15) is 43.6 Å². The highest BCUT2D eigenvalue weighted by molar-refractivity contribution is 6.13. The lowest BCUT2D eigenvalue weighted by Gasteiger charge is -2.34. The van der Waals surface area contributed by atoms with E-state index < -0.39 is 23.6 Å². The molecule has 1 amide bonds. The van der Waals surface area contributed by atoms with Crippen molar-refractivity contribution in [2.24, 2.45) is 4.99 Å². The zero-order chi connectivity index (χ0) is 24.1. The maximum Gasteiger partial charge on any atom is 0.410 e. The number of hydrogen-bond donors (Lipinski definition) is 0. The van der Waals surface area contributed by atoms with Crippen LogP contribution in [0.4, 0.5) is 14.9 Å². The van der Waals surface area contributed by atoms with Crippen molar-refractivity contribution in [2.75, 3.05) is 19.7 Å². The molecule has 0 unspecified atom stereocenters. The predicted octanol–water partition coefficient (Wildman–Crippen LogP) is 6.30. The molecule has 0 N–H and O–H groups in total. The SMILES string of the molecule is CC(C)(C)OC(=O)N1CCO[C@H](c2ccc(N=C(c3ccccc3)c3ccccc3)cc2F)C1. The summed E-state index contributed by atoms with van der Waals surface area (Å²) in [6.07, 6.45) is -0.986. The van der Waals surface area contributed by atoms with Crippen LogP contribution < -0.4 is 0 Å². The highest BCUT2D eigenvalue weighted by Gasteiger charge is 2.30. The van der Waals surface area contributed by atoms with Gasteiger partial charge in [0.2, 0.25) is 0 Å². The molecular weight excluding hydrogens is 431 g/mol. The van der Waals surface area contributed by atoms with Gasteiger partial charge in [0.15, 0.2) is 0 Å². The van der Waals surface area contributed by atoms with Gasteiger partial charge in [-0.15, -0.1) is 0 Å². The molecule has 3 aromatic carbocycles. The van der Waals surface area contributed by atoms with Gasteiger partial charge < -0.3 is 14.4 Å². The summed E-state index contributed by atoms with van der Waals surface area (Å²) in [4.78, 5) is 18.8. The first-order valence-electron chi connectivity index (χ1n) is 11.4. The quantitative estimate of drug-likeness (QED) is 0.429. The number of carbonyl (C=O) groups is 1. The minimum absolute atomic E-state index is 0.230. The van der Waals surface area contributed by atoms with Gasteiger partial charge in [-0.25, -0.2) is 14.2 Å². The summed E-state index contributed by atoms with van der Waals surface area (Å²) in [6, 6.07) is 24.5. The smallest absolute Gasteiger partial charge is 0.410 e. The number of nitrogens with zero attached hydrogens (tertiary/aromatic N) is 2. The molecule has 0 bridgehead atoms. The Balaban J connectivity index is 1.59. The molecule has 0 spiro atoms. The van der Waals surface area contributed by atoms with Crippen LogP contribution in [0, 0.1) is 5.82 Å². The van der Waals surface area contributed by atoms with E-state index in [-0.39, 0.29) is 6.54 Å². The first-order chi connectivity index (χ1) is 16.3. The number of benzene rings is 3. The van der Waals surface area contributed by atoms with E-state index in [1.54, 1.807) is 17.0 Å². The third-order valence-electron chi connectivity index (χ3n) is 5.38. The fourth-order valence-corrected chi connectivity index (χ4v) is 3.79. The minimum Gasteiger partial charge on any atom is -0.444 e. The molecule has 1 aliphatic rings. The fourth-order valence-electron chi connectivity index (χ4n) is 3.79. The van der Waals surface area contributed by atoms with Crippen molar-refractivity contribution in [2.45, 2.75) is 32.5 Å². The average Bonchev–Trinajstić information content (AvgIpc) is 2.83. The summed E-state index contributed by atoms with van der Waals surface area (Å²) in [5, 5.41) is 0. The average molecular weight is 461 g/mol. The van der Waals surface area contributed by atoms with Crippen molar-refractivity contribution in [3.05, 3.63) is 101 Å². The summed E-state index contributed by atoms with van der Waals surface area (Å²) < 4.78 is 26.5. The van der Waals surface area contributed by atoms with Crippen LogP contribution in [-0.4, -0.2) is 42.0 Å². The van der Waals surface area contributed by atoms with E-state index in [2.05, 4.69) is 0 Å². The molecule has 1 saturated heterocycles. The highest BCUT2D eigenvalue weighted by Crippen LogP contribution is 2.29. The molecule has 6 heteroatoms. The highest BCUT2D eigenvalue weighted by atomic mass is 19.1. The van der Waals surface area contributed by atoms with Crippen molar-refractivity contribution < 1.29 is 18.7 Å². The third kappa shape index (κ3) is 5.88. The standard InChI is InChI=1S/C28H29FN2O3/c1-28(2,3)34-27(32)31-16-17-33-25(19-31)23-15-14-22(18-24(23)29)30-26(20-10-6-4-7-11-20)21-12-8-5-9-13-21/h4-15,18,25H,16-17,19H2,1-3H3/t25-/m0/s1. The number of carbonyl (C=O) groups excluding carboxylic acids is 1. The van der Waals surface area contributed by atoms with Crippen LogP contribution in [0.25, 0.3) is 0 Å². The molecule has 3 aromatic rings. The first-order valence-corrected chi connectivity index (χ1v) is 11.4. The van der Waals surface area contributed by atoms with Gasteiger partial charge in [-0.2, -0.15) is 0 Å². The van der Waals surface area contributed by atoms with Crippen LogP contribution in [0.2, 0.25) is 0 Å². The molecule has 5 nitrogen and oxygen atoms in total. The molecule has 0 aromatic heterocycles. The van der Waals surface area contributed by atoms with Gasteiger partial charge in [0.1, 0.15) is 17.5 Å². The van der Waals surface area contributed by atoms with Gasteiger partial charge in [-0.3, -0.25) is 0 Å². The van der Waals surface area contributed by atoms with E-state index in [1.807, 2.05) is 81.4 Å². The lowest BCUT2D eigenvalue weighted by atomic mass is 10.0. The summed E-state index contributed by atoms with van der Waals surface area (Å²) >= 11 is 0. The number of morpholine rings is 1. The monoisotopic (exact) mass is 460 g/mol. The number of aliphatic imine (C=N–C) groups is 1. The van der Waals surface area contributed by atoms with Crippen molar-refractivity contribution in [3.8, 4) is 0 Å². The largest absolute Gasteiger partial charge is 0.444 e. The third-order valence-corrected chi connectivity index (χ3v) is 5.38. The van der Waals surface area contributed by atoms with Crippen LogP contribution in [-0.2, 0) is 9.47 Å².